The lowest BCUT2D eigenvalue weighted by molar-refractivity contribution is -0.119. The minimum Gasteiger partial charge on any atom is -0.351 e. The van der Waals surface area contributed by atoms with E-state index < -0.39 is 17.2 Å². The van der Waals surface area contributed by atoms with Crippen molar-refractivity contribution in [1.82, 2.24) is 25.5 Å². The van der Waals surface area contributed by atoms with Gasteiger partial charge in [0.15, 0.2) is 0 Å². The summed E-state index contributed by atoms with van der Waals surface area (Å²) in [6, 6.07) is 8.54. The number of carbonyl (C=O) groups is 2. The van der Waals surface area contributed by atoms with Crippen molar-refractivity contribution in [3.8, 4) is 0 Å². The van der Waals surface area contributed by atoms with E-state index in [0.29, 0.717) is 11.2 Å². The fourth-order valence-corrected chi connectivity index (χ4v) is 3.05. The van der Waals surface area contributed by atoms with Gasteiger partial charge in [0.05, 0.1) is 6.04 Å². The second-order valence-electron chi connectivity index (χ2n) is 4.90. The molecule has 22 heavy (non-hydrogen) atoms. The van der Waals surface area contributed by atoms with Gasteiger partial charge in [0, 0.05) is 0 Å². The molecular weight excluding hydrogens is 304 g/mol. The van der Waals surface area contributed by atoms with Gasteiger partial charge in [-0.1, -0.05) is 42.1 Å². The molecule has 0 unspecified atom stereocenters. The number of urea groups is 1. The first-order chi connectivity index (χ1) is 10.6. The van der Waals surface area contributed by atoms with E-state index in [9.17, 15) is 9.59 Å². The van der Waals surface area contributed by atoms with Crippen LogP contribution in [-0.2, 0) is 4.79 Å². The van der Waals surface area contributed by atoms with Crippen LogP contribution in [0.3, 0.4) is 0 Å². The highest BCUT2D eigenvalue weighted by Crippen LogP contribution is 2.40. The number of benzene rings is 1. The molecule has 0 bridgehead atoms. The largest absolute Gasteiger partial charge is 0.351 e. The molecule has 1 aromatic carbocycles. The predicted molar refractivity (Wildman–Crippen MR) is 78.9 cm³/mol. The molecule has 1 heterocycles. The maximum absolute atomic E-state index is 12.3. The number of carbonyl (C=O) groups excluding carboxylic acids is 2. The Bertz CT molecular complexity index is 685. The highest BCUT2D eigenvalue weighted by atomic mass is 32.2. The molecule has 8 nitrogen and oxygen atoms in total. The van der Waals surface area contributed by atoms with E-state index in [1.165, 1.54) is 11.8 Å². The lowest BCUT2D eigenvalue weighted by Gasteiger charge is -2.15. The van der Waals surface area contributed by atoms with Crippen molar-refractivity contribution in [3.05, 3.63) is 35.9 Å². The van der Waals surface area contributed by atoms with Gasteiger partial charge >= 0.3 is 6.03 Å². The fourth-order valence-electron chi connectivity index (χ4n) is 2.00. The number of nitrogens with two attached hydrogens (primary N) is 1. The Hall–Kier alpha value is -2.42. The van der Waals surface area contributed by atoms with Gasteiger partial charge in [-0.3, -0.25) is 10.1 Å². The van der Waals surface area contributed by atoms with Gasteiger partial charge in [0.2, 0.25) is 11.1 Å². The Kier molecular flexibility index (Phi) is 4.05. The van der Waals surface area contributed by atoms with Gasteiger partial charge < -0.3 is 5.73 Å². The van der Waals surface area contributed by atoms with Crippen molar-refractivity contribution >= 4 is 23.7 Å². The second kappa shape index (κ2) is 6.14. The van der Waals surface area contributed by atoms with Crippen molar-refractivity contribution in [2.24, 2.45) is 5.73 Å². The molecule has 0 aliphatic heterocycles. The smallest absolute Gasteiger partial charge is 0.318 e. The molecule has 0 radical (unpaired) electrons. The third kappa shape index (κ3) is 3.25. The minimum absolute atomic E-state index is 0.299. The summed E-state index contributed by atoms with van der Waals surface area (Å²) in [5.74, 6) is -0.492. The van der Waals surface area contributed by atoms with Crippen molar-refractivity contribution in [1.29, 1.82) is 0 Å². The Morgan fingerprint density at radius 2 is 2.05 bits per heavy atom. The lowest BCUT2D eigenvalue weighted by Crippen LogP contribution is -2.37. The zero-order chi connectivity index (χ0) is 15.5. The number of amides is 3. The number of nitrogens with one attached hydrogen (secondary N) is 1. The van der Waals surface area contributed by atoms with Crippen LogP contribution >= 0.6 is 11.8 Å². The molecule has 3 rings (SSSR count). The summed E-state index contributed by atoms with van der Waals surface area (Å²) in [6.45, 7) is 0. The monoisotopic (exact) mass is 318 g/mol. The summed E-state index contributed by atoms with van der Waals surface area (Å²) in [7, 11) is 0. The van der Waals surface area contributed by atoms with Crippen LogP contribution in [0.1, 0.15) is 29.7 Å². The molecule has 1 aliphatic rings. The van der Waals surface area contributed by atoms with Crippen molar-refractivity contribution in [2.75, 3.05) is 0 Å². The van der Waals surface area contributed by atoms with Crippen LogP contribution in [-0.4, -0.2) is 32.1 Å². The Balaban J connectivity index is 1.86. The maximum atomic E-state index is 12.3. The number of primary amides is 1. The van der Waals surface area contributed by atoms with Gasteiger partial charge in [0.1, 0.15) is 5.25 Å². The number of nitrogens with zero attached hydrogens (tertiary/aromatic N) is 4. The molecule has 3 N–H and O–H groups in total. The van der Waals surface area contributed by atoms with E-state index in [0.717, 1.165) is 18.4 Å². The third-order valence-electron chi connectivity index (χ3n) is 3.17. The molecule has 1 aliphatic carbocycles. The lowest BCUT2D eigenvalue weighted by atomic mass is 10.1. The first-order valence-electron chi connectivity index (χ1n) is 6.75. The number of imide groups is 1. The van der Waals surface area contributed by atoms with Gasteiger partial charge in [-0.15, -0.1) is 5.10 Å². The number of aromatic nitrogens is 4. The first kappa shape index (κ1) is 14.5. The van der Waals surface area contributed by atoms with Crippen LogP contribution in [0.4, 0.5) is 4.79 Å². The van der Waals surface area contributed by atoms with E-state index in [4.69, 9.17) is 5.73 Å². The van der Waals surface area contributed by atoms with Crippen molar-refractivity contribution in [3.63, 3.8) is 0 Å². The van der Waals surface area contributed by atoms with Crippen molar-refractivity contribution in [2.45, 2.75) is 29.3 Å². The van der Waals surface area contributed by atoms with Gasteiger partial charge in [-0.05, 0) is 28.8 Å². The zero-order valence-corrected chi connectivity index (χ0v) is 12.4. The molecule has 1 saturated carbocycles. The SMILES string of the molecule is NC(=O)NC(=O)[C@@H](Sc1nnnn1C1CC1)c1ccccc1. The molecule has 114 valence electrons. The Morgan fingerprint density at radius 3 is 2.68 bits per heavy atom. The molecule has 3 amide bonds. The molecule has 9 heteroatoms. The summed E-state index contributed by atoms with van der Waals surface area (Å²) in [4.78, 5) is 23.2. The van der Waals surface area contributed by atoms with Crippen LogP contribution in [0.2, 0.25) is 0 Å². The summed E-state index contributed by atoms with van der Waals surface area (Å²) in [5, 5.41) is 13.6. The summed E-state index contributed by atoms with van der Waals surface area (Å²) in [6.07, 6.45) is 2.06. The molecular formula is C13H14N6O2S. The van der Waals surface area contributed by atoms with E-state index >= 15 is 0 Å². The number of thioether (sulfide) groups is 1. The molecule has 0 saturated heterocycles. The number of rotatable bonds is 5. The van der Waals surface area contributed by atoms with Crippen LogP contribution < -0.4 is 11.1 Å². The van der Waals surface area contributed by atoms with E-state index in [1.54, 1.807) is 4.68 Å². The van der Waals surface area contributed by atoms with Crippen molar-refractivity contribution < 1.29 is 9.59 Å². The highest BCUT2D eigenvalue weighted by Gasteiger charge is 2.31. The quantitative estimate of drug-likeness (QED) is 0.796. The standard InChI is InChI=1S/C13H14N6O2S/c14-12(21)15-11(20)10(8-4-2-1-3-5-8)22-13-16-17-18-19(13)9-6-7-9/h1-5,9-10H,6-7H2,(H3,14,15,20,21)/t10-/m0/s1. The number of hydrogen-bond acceptors (Lipinski definition) is 6. The van der Waals surface area contributed by atoms with E-state index in [2.05, 4.69) is 20.8 Å². The zero-order valence-electron chi connectivity index (χ0n) is 11.5. The molecule has 1 aromatic heterocycles. The molecule has 2 aromatic rings. The molecule has 1 atom stereocenters. The predicted octanol–water partition coefficient (Wildman–Crippen LogP) is 1.04. The molecule has 0 spiro atoms. The minimum atomic E-state index is -0.881. The third-order valence-corrected chi connectivity index (χ3v) is 4.37. The number of hydrogen-bond donors (Lipinski definition) is 2. The van der Waals surface area contributed by atoms with Crippen LogP contribution in [0.15, 0.2) is 35.5 Å². The van der Waals surface area contributed by atoms with E-state index in [1.807, 2.05) is 30.3 Å². The highest BCUT2D eigenvalue weighted by molar-refractivity contribution is 8.00. The first-order valence-corrected chi connectivity index (χ1v) is 7.63. The maximum Gasteiger partial charge on any atom is 0.318 e. The summed E-state index contributed by atoms with van der Waals surface area (Å²) in [5.41, 5.74) is 5.79. The van der Waals surface area contributed by atoms with Crippen LogP contribution in [0.25, 0.3) is 0 Å². The Morgan fingerprint density at radius 1 is 1.32 bits per heavy atom. The number of tetrazole rings is 1. The van der Waals surface area contributed by atoms with Gasteiger partial charge in [0.25, 0.3) is 0 Å². The average molecular weight is 318 g/mol. The average Bonchev–Trinajstić information content (AvgIpc) is 3.24. The molecule has 1 fully saturated rings. The topological polar surface area (TPSA) is 116 Å². The summed E-state index contributed by atoms with van der Waals surface area (Å²) >= 11 is 1.20. The van der Waals surface area contributed by atoms with Gasteiger partial charge in [-0.2, -0.15) is 0 Å². The van der Waals surface area contributed by atoms with Gasteiger partial charge in [-0.25, -0.2) is 9.48 Å². The fraction of sp³-hybridized carbons (Fsp3) is 0.308. The summed E-state index contributed by atoms with van der Waals surface area (Å²) < 4.78 is 1.72. The van der Waals surface area contributed by atoms with Crippen LogP contribution in [0, 0.1) is 0 Å². The normalized spacial score (nSPS) is 15.3. The second-order valence-corrected chi connectivity index (χ2v) is 5.97. The van der Waals surface area contributed by atoms with Crippen LogP contribution in [0.5, 0.6) is 0 Å². The van der Waals surface area contributed by atoms with E-state index in [-0.39, 0.29) is 0 Å². The Labute approximate surface area is 130 Å².